The maximum absolute atomic E-state index is 12.4. The Bertz CT molecular complexity index is 802. The van der Waals surface area contributed by atoms with Crippen molar-refractivity contribution in [3.8, 4) is 0 Å². The van der Waals surface area contributed by atoms with E-state index in [9.17, 15) is 4.79 Å². The highest BCUT2D eigenvalue weighted by molar-refractivity contribution is 5.92. The zero-order chi connectivity index (χ0) is 20.9. The van der Waals surface area contributed by atoms with E-state index in [2.05, 4.69) is 78.6 Å². The summed E-state index contributed by atoms with van der Waals surface area (Å²) < 4.78 is 0. The van der Waals surface area contributed by atoms with Gasteiger partial charge in [0.1, 0.15) is 0 Å². The topological polar surface area (TPSA) is 47.6 Å². The molecule has 3 rings (SSSR count). The second-order valence-electron chi connectivity index (χ2n) is 8.86. The highest BCUT2D eigenvalue weighted by Crippen LogP contribution is 2.29. The lowest BCUT2D eigenvalue weighted by molar-refractivity contribution is -0.115. The Labute approximate surface area is 175 Å². The average molecular weight is 395 g/mol. The molecule has 0 bridgehead atoms. The van der Waals surface area contributed by atoms with Crippen molar-refractivity contribution in [1.82, 2.24) is 4.90 Å². The fourth-order valence-electron chi connectivity index (χ4n) is 3.63. The quantitative estimate of drug-likeness (QED) is 0.772. The van der Waals surface area contributed by atoms with Crippen LogP contribution in [0.4, 0.5) is 17.1 Å². The number of hydrogen-bond donors (Lipinski definition) is 2. The van der Waals surface area contributed by atoms with Crippen molar-refractivity contribution in [2.45, 2.75) is 32.6 Å². The molecule has 5 nitrogen and oxygen atoms in total. The van der Waals surface area contributed by atoms with Gasteiger partial charge < -0.3 is 20.4 Å². The Morgan fingerprint density at radius 3 is 2.28 bits per heavy atom. The van der Waals surface area contributed by atoms with Crippen molar-refractivity contribution in [2.75, 3.05) is 55.3 Å². The maximum Gasteiger partial charge on any atom is 0.226 e. The molecule has 1 aliphatic rings. The standard InChI is InChI=1S/C24H34N4O/c1-24(2,3)21-7-5-6-8-22(21)26-23(29)13-14-25-19-9-11-20(12-10-19)28-17-15-27(4)16-18-28/h5-12,25H,13-18H2,1-4H3,(H,26,29). The molecule has 1 fully saturated rings. The van der Waals surface area contributed by atoms with E-state index >= 15 is 0 Å². The van der Waals surface area contributed by atoms with Crippen LogP contribution in [-0.2, 0) is 10.2 Å². The fourth-order valence-corrected chi connectivity index (χ4v) is 3.63. The largest absolute Gasteiger partial charge is 0.385 e. The Hall–Kier alpha value is -2.53. The van der Waals surface area contributed by atoms with Crippen LogP contribution in [0.15, 0.2) is 48.5 Å². The summed E-state index contributed by atoms with van der Waals surface area (Å²) in [5.41, 5.74) is 4.36. The van der Waals surface area contributed by atoms with Crippen molar-refractivity contribution in [3.63, 3.8) is 0 Å². The number of rotatable bonds is 6. The van der Waals surface area contributed by atoms with Gasteiger partial charge in [0.25, 0.3) is 0 Å². The number of hydrogen-bond acceptors (Lipinski definition) is 4. The van der Waals surface area contributed by atoms with Gasteiger partial charge in [-0.25, -0.2) is 0 Å². The number of anilines is 3. The monoisotopic (exact) mass is 394 g/mol. The van der Waals surface area contributed by atoms with Gasteiger partial charge in [0.05, 0.1) is 0 Å². The lowest BCUT2D eigenvalue weighted by Crippen LogP contribution is -2.44. The zero-order valence-electron chi connectivity index (χ0n) is 18.2. The third-order valence-corrected chi connectivity index (χ3v) is 5.43. The molecule has 0 aliphatic carbocycles. The van der Waals surface area contributed by atoms with Gasteiger partial charge in [0.15, 0.2) is 0 Å². The van der Waals surface area contributed by atoms with Crippen LogP contribution in [0.25, 0.3) is 0 Å². The first-order valence-corrected chi connectivity index (χ1v) is 10.5. The summed E-state index contributed by atoms with van der Waals surface area (Å²) in [6.07, 6.45) is 0.429. The molecule has 5 heteroatoms. The number of likely N-dealkylation sites (N-methyl/N-ethyl adjacent to an activating group) is 1. The predicted molar refractivity (Wildman–Crippen MR) is 123 cm³/mol. The van der Waals surface area contributed by atoms with Crippen molar-refractivity contribution >= 4 is 23.0 Å². The maximum atomic E-state index is 12.4. The third kappa shape index (κ3) is 5.97. The third-order valence-electron chi connectivity index (χ3n) is 5.43. The molecule has 0 atom stereocenters. The molecule has 1 amide bonds. The Morgan fingerprint density at radius 2 is 1.62 bits per heavy atom. The van der Waals surface area contributed by atoms with E-state index in [1.807, 2.05) is 18.2 Å². The molecule has 1 heterocycles. The van der Waals surface area contributed by atoms with Crippen molar-refractivity contribution in [3.05, 3.63) is 54.1 Å². The van der Waals surface area contributed by atoms with Gasteiger partial charge in [-0.15, -0.1) is 0 Å². The molecule has 156 valence electrons. The van der Waals surface area contributed by atoms with Crippen LogP contribution in [0.5, 0.6) is 0 Å². The molecular weight excluding hydrogens is 360 g/mol. The highest BCUT2D eigenvalue weighted by atomic mass is 16.1. The van der Waals surface area contributed by atoms with Gasteiger partial charge in [-0.2, -0.15) is 0 Å². The van der Waals surface area contributed by atoms with Gasteiger partial charge >= 0.3 is 0 Å². The molecule has 0 aromatic heterocycles. The smallest absolute Gasteiger partial charge is 0.226 e. The van der Waals surface area contributed by atoms with Crippen LogP contribution in [0.1, 0.15) is 32.8 Å². The molecule has 0 saturated carbocycles. The predicted octanol–water partition coefficient (Wildman–Crippen LogP) is 4.18. The lowest BCUT2D eigenvalue weighted by atomic mass is 9.86. The fraction of sp³-hybridized carbons (Fsp3) is 0.458. The van der Waals surface area contributed by atoms with E-state index in [0.29, 0.717) is 13.0 Å². The summed E-state index contributed by atoms with van der Waals surface area (Å²) in [5, 5.41) is 6.43. The molecule has 1 saturated heterocycles. The second-order valence-corrected chi connectivity index (χ2v) is 8.86. The number of carbonyl (C=O) groups excluding carboxylic acids is 1. The highest BCUT2D eigenvalue weighted by Gasteiger charge is 2.18. The number of piperazine rings is 1. The van der Waals surface area contributed by atoms with E-state index in [1.54, 1.807) is 0 Å². The summed E-state index contributed by atoms with van der Waals surface area (Å²) in [6.45, 7) is 11.4. The van der Waals surface area contributed by atoms with Gasteiger partial charge in [-0.05, 0) is 48.4 Å². The Kier molecular flexibility index (Phi) is 6.80. The van der Waals surface area contributed by atoms with Gasteiger partial charge in [0.2, 0.25) is 5.91 Å². The molecule has 2 aromatic rings. The Morgan fingerprint density at radius 1 is 0.966 bits per heavy atom. The van der Waals surface area contributed by atoms with Gasteiger partial charge in [-0.3, -0.25) is 4.79 Å². The molecule has 2 N–H and O–H groups in total. The first-order chi connectivity index (χ1) is 13.8. The van der Waals surface area contributed by atoms with Crippen LogP contribution in [0.2, 0.25) is 0 Å². The number of nitrogens with one attached hydrogen (secondary N) is 2. The van der Waals surface area contributed by atoms with Crippen molar-refractivity contribution < 1.29 is 4.79 Å². The van der Waals surface area contributed by atoms with Gasteiger partial charge in [-0.1, -0.05) is 39.0 Å². The van der Waals surface area contributed by atoms with Crippen molar-refractivity contribution in [2.24, 2.45) is 0 Å². The van der Waals surface area contributed by atoms with E-state index in [1.165, 1.54) is 5.69 Å². The van der Waals surface area contributed by atoms with E-state index in [4.69, 9.17) is 0 Å². The molecule has 2 aromatic carbocycles. The summed E-state index contributed by atoms with van der Waals surface area (Å²) in [5.74, 6) is 0.0308. The second kappa shape index (κ2) is 9.31. The number of benzene rings is 2. The molecule has 29 heavy (non-hydrogen) atoms. The van der Waals surface area contributed by atoms with Crippen LogP contribution >= 0.6 is 0 Å². The molecule has 0 spiro atoms. The summed E-state index contributed by atoms with van der Waals surface area (Å²) in [7, 11) is 2.17. The average Bonchev–Trinajstić information content (AvgIpc) is 2.69. The van der Waals surface area contributed by atoms with Crippen LogP contribution < -0.4 is 15.5 Å². The number of para-hydroxylation sites is 1. The molecule has 1 aliphatic heterocycles. The molecular formula is C24H34N4O. The van der Waals surface area contributed by atoms with Gasteiger partial charge in [0, 0.05) is 56.2 Å². The van der Waals surface area contributed by atoms with Crippen molar-refractivity contribution in [1.29, 1.82) is 0 Å². The van der Waals surface area contributed by atoms with E-state index in [-0.39, 0.29) is 11.3 Å². The summed E-state index contributed by atoms with van der Waals surface area (Å²) in [6, 6.07) is 16.6. The minimum absolute atomic E-state index is 0.00631. The van der Waals surface area contributed by atoms with Crippen LogP contribution in [0, 0.1) is 0 Å². The molecule has 0 unspecified atom stereocenters. The summed E-state index contributed by atoms with van der Waals surface area (Å²) in [4.78, 5) is 17.2. The number of nitrogens with zero attached hydrogens (tertiary/aromatic N) is 2. The van der Waals surface area contributed by atoms with E-state index in [0.717, 1.165) is 43.1 Å². The first kappa shape index (κ1) is 21.2. The van der Waals surface area contributed by atoms with Crippen LogP contribution in [0.3, 0.4) is 0 Å². The number of amides is 1. The first-order valence-electron chi connectivity index (χ1n) is 10.5. The number of carbonyl (C=O) groups is 1. The van der Waals surface area contributed by atoms with E-state index < -0.39 is 0 Å². The minimum atomic E-state index is -0.00631. The molecule has 0 radical (unpaired) electrons. The van der Waals surface area contributed by atoms with Crippen LogP contribution in [-0.4, -0.2) is 50.6 Å². The lowest BCUT2D eigenvalue weighted by Gasteiger charge is -2.34. The minimum Gasteiger partial charge on any atom is -0.385 e. The Balaban J connectivity index is 1.47. The zero-order valence-corrected chi connectivity index (χ0v) is 18.2. The summed E-state index contributed by atoms with van der Waals surface area (Å²) >= 11 is 0. The normalized spacial score (nSPS) is 15.2. The SMILES string of the molecule is CN1CCN(c2ccc(NCCC(=O)Nc3ccccc3C(C)(C)C)cc2)CC1.